The Balaban J connectivity index is 1.93. The lowest BCUT2D eigenvalue weighted by atomic mass is 10.3. The summed E-state index contributed by atoms with van der Waals surface area (Å²) in [5, 5.41) is 9.61. The number of carbonyl (C=O) groups is 1. The van der Waals surface area contributed by atoms with Crippen LogP contribution in [0.4, 0.5) is 0 Å². The monoisotopic (exact) mass is 236 g/mol. The molecule has 2 rings (SSSR count). The highest BCUT2D eigenvalue weighted by Crippen LogP contribution is 2.08. The number of aryl methyl sites for hydroxylation is 2. The number of rotatable bonds is 3. The first-order valence-electron chi connectivity index (χ1n) is 4.83. The second-order valence-corrected chi connectivity index (χ2v) is 4.41. The average Bonchev–Trinajstić information content (AvgIpc) is 2.84. The van der Waals surface area contributed by atoms with Crippen LogP contribution in [0.1, 0.15) is 21.1 Å². The van der Waals surface area contributed by atoms with Gasteiger partial charge in [0.1, 0.15) is 5.01 Å². The Hall–Kier alpha value is -1.69. The van der Waals surface area contributed by atoms with Gasteiger partial charge in [-0.3, -0.25) is 9.48 Å². The van der Waals surface area contributed by atoms with Gasteiger partial charge in [0.15, 0.2) is 0 Å². The van der Waals surface area contributed by atoms with Crippen LogP contribution in [-0.4, -0.2) is 20.7 Å². The van der Waals surface area contributed by atoms with Crippen molar-refractivity contribution in [3.63, 3.8) is 0 Å². The molecule has 2 aromatic heterocycles. The highest BCUT2D eigenvalue weighted by Gasteiger charge is 2.08. The van der Waals surface area contributed by atoms with Crippen molar-refractivity contribution < 1.29 is 4.79 Å². The molecule has 0 bridgehead atoms. The summed E-state index contributed by atoms with van der Waals surface area (Å²) in [6.45, 7) is 2.40. The molecule has 0 aliphatic carbocycles. The van der Waals surface area contributed by atoms with Crippen LogP contribution in [0.5, 0.6) is 0 Å². The molecule has 0 saturated carbocycles. The molecule has 2 aromatic rings. The number of aromatic nitrogens is 3. The third-order valence-electron chi connectivity index (χ3n) is 2.03. The van der Waals surface area contributed by atoms with E-state index in [2.05, 4.69) is 15.4 Å². The summed E-state index contributed by atoms with van der Waals surface area (Å²) in [5.41, 5.74) is 1.55. The van der Waals surface area contributed by atoms with Crippen LogP contribution in [0.3, 0.4) is 0 Å². The van der Waals surface area contributed by atoms with Gasteiger partial charge in [-0.05, 0) is 6.92 Å². The number of nitrogens with zero attached hydrogens (tertiary/aromatic N) is 3. The largest absolute Gasteiger partial charge is 0.345 e. The van der Waals surface area contributed by atoms with Crippen molar-refractivity contribution in [3.05, 3.63) is 34.0 Å². The van der Waals surface area contributed by atoms with Gasteiger partial charge in [-0.2, -0.15) is 5.10 Å². The maximum atomic E-state index is 11.7. The minimum Gasteiger partial charge on any atom is -0.345 e. The molecular formula is C10H12N4OS. The Morgan fingerprint density at radius 1 is 1.62 bits per heavy atom. The first kappa shape index (κ1) is 10.8. The Labute approximate surface area is 97.1 Å². The van der Waals surface area contributed by atoms with E-state index in [-0.39, 0.29) is 5.91 Å². The molecule has 0 radical (unpaired) electrons. The highest BCUT2D eigenvalue weighted by atomic mass is 32.1. The SMILES string of the molecule is Cc1csc(CNC(=O)c2cnn(C)c2)n1. The lowest BCUT2D eigenvalue weighted by Crippen LogP contribution is -2.22. The van der Waals surface area contributed by atoms with E-state index >= 15 is 0 Å². The van der Waals surface area contributed by atoms with Gasteiger partial charge < -0.3 is 5.32 Å². The standard InChI is InChI=1S/C10H12N4OS/c1-7-6-16-9(13-7)4-11-10(15)8-3-12-14(2)5-8/h3,5-6H,4H2,1-2H3,(H,11,15). The van der Waals surface area contributed by atoms with E-state index in [9.17, 15) is 4.79 Å². The molecular weight excluding hydrogens is 224 g/mol. The molecule has 0 fully saturated rings. The van der Waals surface area contributed by atoms with Crippen molar-refractivity contribution in [2.45, 2.75) is 13.5 Å². The summed E-state index contributed by atoms with van der Waals surface area (Å²) in [5.74, 6) is -0.124. The van der Waals surface area contributed by atoms with Crippen molar-refractivity contribution in [2.24, 2.45) is 7.05 Å². The van der Waals surface area contributed by atoms with E-state index in [4.69, 9.17) is 0 Å². The van der Waals surface area contributed by atoms with Gasteiger partial charge in [-0.25, -0.2) is 4.98 Å². The fraction of sp³-hybridized carbons (Fsp3) is 0.300. The van der Waals surface area contributed by atoms with Crippen molar-refractivity contribution in [1.29, 1.82) is 0 Å². The van der Waals surface area contributed by atoms with Crippen molar-refractivity contribution in [2.75, 3.05) is 0 Å². The van der Waals surface area contributed by atoms with Gasteiger partial charge in [0, 0.05) is 24.3 Å². The molecule has 0 aromatic carbocycles. The first-order chi connectivity index (χ1) is 7.65. The van der Waals surface area contributed by atoms with Gasteiger partial charge in [-0.1, -0.05) is 0 Å². The van der Waals surface area contributed by atoms with Crippen molar-refractivity contribution in [1.82, 2.24) is 20.1 Å². The Morgan fingerprint density at radius 3 is 3.00 bits per heavy atom. The van der Waals surface area contributed by atoms with Gasteiger partial charge in [-0.15, -0.1) is 11.3 Å². The predicted molar refractivity (Wildman–Crippen MR) is 61.2 cm³/mol. The zero-order valence-electron chi connectivity index (χ0n) is 9.10. The summed E-state index contributed by atoms with van der Waals surface area (Å²) >= 11 is 1.55. The Kier molecular flexibility index (Phi) is 3.00. The average molecular weight is 236 g/mol. The molecule has 0 aliphatic heterocycles. The van der Waals surface area contributed by atoms with Crippen molar-refractivity contribution >= 4 is 17.2 Å². The van der Waals surface area contributed by atoms with Crippen LogP contribution in [0.15, 0.2) is 17.8 Å². The lowest BCUT2D eigenvalue weighted by Gasteiger charge is -1.99. The lowest BCUT2D eigenvalue weighted by molar-refractivity contribution is 0.0951. The van der Waals surface area contributed by atoms with E-state index in [0.29, 0.717) is 12.1 Å². The van der Waals surface area contributed by atoms with E-state index in [1.807, 2.05) is 12.3 Å². The van der Waals surface area contributed by atoms with E-state index in [1.165, 1.54) is 0 Å². The van der Waals surface area contributed by atoms with Crippen LogP contribution in [0, 0.1) is 6.92 Å². The second-order valence-electron chi connectivity index (χ2n) is 3.47. The normalized spacial score (nSPS) is 10.4. The molecule has 1 amide bonds. The zero-order valence-corrected chi connectivity index (χ0v) is 9.91. The number of amides is 1. The van der Waals surface area contributed by atoms with Gasteiger partial charge in [0.25, 0.3) is 5.91 Å². The fourth-order valence-corrected chi connectivity index (χ4v) is 1.99. The van der Waals surface area contributed by atoms with Crippen LogP contribution < -0.4 is 5.32 Å². The third kappa shape index (κ3) is 2.46. The second kappa shape index (κ2) is 4.44. The van der Waals surface area contributed by atoms with Gasteiger partial charge in [0.2, 0.25) is 0 Å². The molecule has 6 heteroatoms. The Morgan fingerprint density at radius 2 is 2.44 bits per heavy atom. The summed E-state index contributed by atoms with van der Waals surface area (Å²) in [6, 6.07) is 0. The molecule has 0 spiro atoms. The minimum atomic E-state index is -0.124. The van der Waals surface area contributed by atoms with E-state index in [1.54, 1.807) is 35.5 Å². The predicted octanol–water partition coefficient (Wildman–Crippen LogP) is 1.12. The molecule has 1 N–H and O–H groups in total. The molecule has 16 heavy (non-hydrogen) atoms. The smallest absolute Gasteiger partial charge is 0.254 e. The zero-order chi connectivity index (χ0) is 11.5. The van der Waals surface area contributed by atoms with Gasteiger partial charge >= 0.3 is 0 Å². The number of carbonyl (C=O) groups excluding carboxylic acids is 1. The van der Waals surface area contributed by atoms with E-state index < -0.39 is 0 Å². The number of nitrogens with one attached hydrogen (secondary N) is 1. The van der Waals surface area contributed by atoms with Crippen molar-refractivity contribution in [3.8, 4) is 0 Å². The number of hydrogen-bond acceptors (Lipinski definition) is 4. The molecule has 0 unspecified atom stereocenters. The summed E-state index contributed by atoms with van der Waals surface area (Å²) in [4.78, 5) is 15.9. The highest BCUT2D eigenvalue weighted by molar-refractivity contribution is 7.09. The van der Waals surface area contributed by atoms with E-state index in [0.717, 1.165) is 10.7 Å². The topological polar surface area (TPSA) is 59.8 Å². The maximum absolute atomic E-state index is 11.7. The number of thiazole rings is 1. The fourth-order valence-electron chi connectivity index (χ4n) is 1.28. The van der Waals surface area contributed by atoms with Crippen LogP contribution in [-0.2, 0) is 13.6 Å². The molecule has 0 aliphatic rings. The molecule has 5 nitrogen and oxygen atoms in total. The molecule has 84 valence electrons. The Bertz CT molecular complexity index is 502. The summed E-state index contributed by atoms with van der Waals surface area (Å²) in [7, 11) is 1.78. The van der Waals surface area contributed by atoms with Crippen LogP contribution in [0.25, 0.3) is 0 Å². The molecule has 0 atom stereocenters. The quantitative estimate of drug-likeness (QED) is 0.868. The molecule has 0 saturated heterocycles. The number of hydrogen-bond donors (Lipinski definition) is 1. The molecule has 2 heterocycles. The summed E-state index contributed by atoms with van der Waals surface area (Å²) in [6.07, 6.45) is 3.23. The summed E-state index contributed by atoms with van der Waals surface area (Å²) < 4.78 is 1.60. The third-order valence-corrected chi connectivity index (χ3v) is 3.00. The van der Waals surface area contributed by atoms with Gasteiger partial charge in [0.05, 0.1) is 18.3 Å². The minimum absolute atomic E-state index is 0.124. The maximum Gasteiger partial charge on any atom is 0.254 e. The van der Waals surface area contributed by atoms with Crippen LogP contribution >= 0.6 is 11.3 Å². The first-order valence-corrected chi connectivity index (χ1v) is 5.71. The van der Waals surface area contributed by atoms with Crippen LogP contribution in [0.2, 0.25) is 0 Å².